The molecule has 0 bridgehead atoms. The van der Waals surface area contributed by atoms with Crippen molar-refractivity contribution in [2.24, 2.45) is 0 Å². The van der Waals surface area contributed by atoms with Gasteiger partial charge in [0.25, 0.3) is 5.91 Å². The van der Waals surface area contributed by atoms with E-state index in [4.69, 9.17) is 9.47 Å². The van der Waals surface area contributed by atoms with Gasteiger partial charge in [0.05, 0.1) is 26.1 Å². The molecule has 0 saturated carbocycles. The number of aromatic amines is 1. The molecule has 0 atom stereocenters. The maximum atomic E-state index is 12.0. The van der Waals surface area contributed by atoms with E-state index in [9.17, 15) is 4.79 Å². The molecule has 1 aromatic carbocycles. The van der Waals surface area contributed by atoms with E-state index in [2.05, 4.69) is 15.5 Å². The highest BCUT2D eigenvalue weighted by Crippen LogP contribution is 2.29. The van der Waals surface area contributed by atoms with Gasteiger partial charge in [-0.05, 0) is 24.6 Å². The summed E-state index contributed by atoms with van der Waals surface area (Å²) in [5.41, 5.74) is 1.78. The lowest BCUT2D eigenvalue weighted by Crippen LogP contribution is -2.14. The molecule has 1 aromatic heterocycles. The zero-order chi connectivity index (χ0) is 13.8. The molecule has 1 amide bonds. The second-order valence-electron chi connectivity index (χ2n) is 3.95. The molecule has 2 N–H and O–H groups in total. The first-order chi connectivity index (χ1) is 9.15. The van der Waals surface area contributed by atoms with Crippen molar-refractivity contribution < 1.29 is 14.3 Å². The second-order valence-corrected chi connectivity index (χ2v) is 3.95. The number of rotatable bonds is 4. The van der Waals surface area contributed by atoms with Crippen molar-refractivity contribution in [1.29, 1.82) is 0 Å². The fourth-order valence-electron chi connectivity index (χ4n) is 1.66. The molecule has 0 aliphatic carbocycles. The van der Waals surface area contributed by atoms with Crippen LogP contribution < -0.4 is 14.8 Å². The van der Waals surface area contributed by atoms with Crippen molar-refractivity contribution >= 4 is 11.6 Å². The van der Waals surface area contributed by atoms with Gasteiger partial charge in [0.2, 0.25) is 0 Å². The van der Waals surface area contributed by atoms with Crippen LogP contribution in [0.15, 0.2) is 24.4 Å². The molecule has 2 rings (SSSR count). The summed E-state index contributed by atoms with van der Waals surface area (Å²) >= 11 is 0. The van der Waals surface area contributed by atoms with E-state index in [1.807, 2.05) is 6.92 Å². The molecule has 0 radical (unpaired) electrons. The molecule has 6 heteroatoms. The molecule has 0 aliphatic rings. The summed E-state index contributed by atoms with van der Waals surface area (Å²) in [5, 5.41) is 9.24. The van der Waals surface area contributed by atoms with Gasteiger partial charge in [-0.15, -0.1) is 0 Å². The Bertz CT molecular complexity index is 593. The largest absolute Gasteiger partial charge is 0.497 e. The van der Waals surface area contributed by atoms with Crippen molar-refractivity contribution in [3.8, 4) is 11.5 Å². The number of hydrogen-bond donors (Lipinski definition) is 2. The number of benzene rings is 1. The number of hydrogen-bond acceptors (Lipinski definition) is 4. The van der Waals surface area contributed by atoms with Crippen molar-refractivity contribution in [2.45, 2.75) is 6.92 Å². The van der Waals surface area contributed by atoms with Crippen LogP contribution in [-0.2, 0) is 0 Å². The summed E-state index contributed by atoms with van der Waals surface area (Å²) in [6.45, 7) is 1.81. The Labute approximate surface area is 110 Å². The summed E-state index contributed by atoms with van der Waals surface area (Å²) < 4.78 is 10.3. The van der Waals surface area contributed by atoms with Crippen molar-refractivity contribution in [1.82, 2.24) is 10.2 Å². The minimum Gasteiger partial charge on any atom is -0.497 e. The minimum atomic E-state index is -0.265. The highest BCUT2D eigenvalue weighted by atomic mass is 16.5. The summed E-state index contributed by atoms with van der Waals surface area (Å²) in [4.78, 5) is 12.0. The van der Waals surface area contributed by atoms with Gasteiger partial charge in [-0.2, -0.15) is 5.10 Å². The van der Waals surface area contributed by atoms with Crippen LogP contribution >= 0.6 is 0 Å². The van der Waals surface area contributed by atoms with E-state index < -0.39 is 0 Å². The van der Waals surface area contributed by atoms with Crippen LogP contribution in [0.2, 0.25) is 0 Å². The Morgan fingerprint density at radius 3 is 2.68 bits per heavy atom. The lowest BCUT2D eigenvalue weighted by molar-refractivity contribution is 0.102. The molecule has 0 saturated heterocycles. The van der Waals surface area contributed by atoms with Gasteiger partial charge in [0.15, 0.2) is 0 Å². The number of aromatic nitrogens is 2. The Morgan fingerprint density at radius 2 is 2.11 bits per heavy atom. The lowest BCUT2D eigenvalue weighted by Gasteiger charge is -2.11. The SMILES string of the molecule is COc1ccc(NC(=O)c2[nH]ncc2C)c(OC)c1. The average Bonchev–Trinajstić information content (AvgIpc) is 2.85. The van der Waals surface area contributed by atoms with Crippen LogP contribution in [0.1, 0.15) is 16.1 Å². The highest BCUT2D eigenvalue weighted by Gasteiger charge is 2.13. The first-order valence-electron chi connectivity index (χ1n) is 5.69. The fourth-order valence-corrected chi connectivity index (χ4v) is 1.66. The van der Waals surface area contributed by atoms with E-state index in [-0.39, 0.29) is 5.91 Å². The number of aryl methyl sites for hydroxylation is 1. The lowest BCUT2D eigenvalue weighted by atomic mass is 10.2. The Hall–Kier alpha value is -2.50. The van der Waals surface area contributed by atoms with E-state index >= 15 is 0 Å². The standard InChI is InChI=1S/C13H15N3O3/c1-8-7-14-16-12(8)13(17)15-10-5-4-9(18-2)6-11(10)19-3/h4-7H,1-3H3,(H,14,16)(H,15,17). The zero-order valence-electron chi connectivity index (χ0n) is 11.0. The van der Waals surface area contributed by atoms with Crippen molar-refractivity contribution in [2.75, 3.05) is 19.5 Å². The minimum absolute atomic E-state index is 0.265. The third-order valence-corrected chi connectivity index (χ3v) is 2.71. The number of H-pyrrole nitrogens is 1. The first-order valence-corrected chi connectivity index (χ1v) is 5.69. The van der Waals surface area contributed by atoms with Crippen LogP contribution in [0.3, 0.4) is 0 Å². The maximum Gasteiger partial charge on any atom is 0.274 e. The summed E-state index contributed by atoms with van der Waals surface area (Å²) in [6.07, 6.45) is 1.60. The molecule has 100 valence electrons. The molecular weight excluding hydrogens is 246 g/mol. The van der Waals surface area contributed by atoms with Crippen LogP contribution in [0.4, 0.5) is 5.69 Å². The Morgan fingerprint density at radius 1 is 1.32 bits per heavy atom. The molecule has 2 aromatic rings. The fraction of sp³-hybridized carbons (Fsp3) is 0.231. The predicted octanol–water partition coefficient (Wildman–Crippen LogP) is 1.99. The number of carbonyl (C=O) groups is 1. The molecule has 6 nitrogen and oxygen atoms in total. The molecule has 0 fully saturated rings. The third kappa shape index (κ3) is 2.67. The molecule has 0 aliphatic heterocycles. The van der Waals surface area contributed by atoms with Crippen LogP contribution in [0.25, 0.3) is 0 Å². The maximum absolute atomic E-state index is 12.0. The number of amides is 1. The van der Waals surface area contributed by atoms with Crippen LogP contribution in [0.5, 0.6) is 11.5 Å². The van der Waals surface area contributed by atoms with E-state index in [1.165, 1.54) is 7.11 Å². The number of carbonyl (C=O) groups excluding carboxylic acids is 1. The van der Waals surface area contributed by atoms with Crippen molar-refractivity contribution in [3.63, 3.8) is 0 Å². The first kappa shape index (κ1) is 12.9. The van der Waals surface area contributed by atoms with Gasteiger partial charge in [-0.1, -0.05) is 0 Å². The van der Waals surface area contributed by atoms with Crippen LogP contribution in [0, 0.1) is 6.92 Å². The number of nitrogens with zero attached hydrogens (tertiary/aromatic N) is 1. The van der Waals surface area contributed by atoms with E-state index in [0.717, 1.165) is 5.56 Å². The normalized spacial score (nSPS) is 10.1. The molecule has 1 heterocycles. The molecule has 0 unspecified atom stereocenters. The van der Waals surface area contributed by atoms with Gasteiger partial charge in [0.1, 0.15) is 17.2 Å². The smallest absolute Gasteiger partial charge is 0.274 e. The van der Waals surface area contributed by atoms with E-state index in [0.29, 0.717) is 22.9 Å². The van der Waals surface area contributed by atoms with Gasteiger partial charge >= 0.3 is 0 Å². The number of anilines is 1. The Kier molecular flexibility index (Phi) is 3.70. The topological polar surface area (TPSA) is 76.2 Å². The summed E-state index contributed by atoms with van der Waals surface area (Å²) in [5.74, 6) is 0.927. The monoisotopic (exact) mass is 261 g/mol. The van der Waals surface area contributed by atoms with Crippen LogP contribution in [-0.4, -0.2) is 30.3 Å². The number of methoxy groups -OCH3 is 2. The number of nitrogens with one attached hydrogen (secondary N) is 2. The molecular formula is C13H15N3O3. The zero-order valence-corrected chi connectivity index (χ0v) is 11.0. The Balaban J connectivity index is 2.24. The molecule has 19 heavy (non-hydrogen) atoms. The predicted molar refractivity (Wildman–Crippen MR) is 70.8 cm³/mol. The van der Waals surface area contributed by atoms with Gasteiger partial charge in [-0.3, -0.25) is 9.89 Å². The van der Waals surface area contributed by atoms with Crippen molar-refractivity contribution in [3.05, 3.63) is 35.7 Å². The molecule has 0 spiro atoms. The quantitative estimate of drug-likeness (QED) is 0.882. The van der Waals surface area contributed by atoms with Gasteiger partial charge < -0.3 is 14.8 Å². The third-order valence-electron chi connectivity index (χ3n) is 2.71. The second kappa shape index (κ2) is 5.43. The summed E-state index contributed by atoms with van der Waals surface area (Å²) in [7, 11) is 3.10. The highest BCUT2D eigenvalue weighted by molar-refractivity contribution is 6.04. The van der Waals surface area contributed by atoms with Gasteiger partial charge in [-0.25, -0.2) is 0 Å². The average molecular weight is 261 g/mol. The number of ether oxygens (including phenoxy) is 2. The van der Waals surface area contributed by atoms with Gasteiger partial charge in [0, 0.05) is 6.07 Å². The van der Waals surface area contributed by atoms with E-state index in [1.54, 1.807) is 31.5 Å². The summed E-state index contributed by atoms with van der Waals surface area (Å²) in [6, 6.07) is 5.18.